The summed E-state index contributed by atoms with van der Waals surface area (Å²) >= 11 is 0. The Morgan fingerprint density at radius 2 is 2.00 bits per heavy atom. The summed E-state index contributed by atoms with van der Waals surface area (Å²) in [5.41, 5.74) is 2.58. The Morgan fingerprint density at radius 1 is 1.28 bits per heavy atom. The standard InChI is InChI=1S/C16H24O2/c1-12(2)15-5-4-13(3)16(10-15)18-11-14-6-8-17-9-7-14/h4-5,10,12,14H,6-9,11H2,1-3H3. The zero-order valence-electron chi connectivity index (χ0n) is 11.7. The molecule has 0 aliphatic carbocycles. The van der Waals surface area contributed by atoms with Crippen LogP contribution in [0.3, 0.4) is 0 Å². The Balaban J connectivity index is 1.97. The van der Waals surface area contributed by atoms with E-state index in [2.05, 4.69) is 39.0 Å². The average molecular weight is 248 g/mol. The first kappa shape index (κ1) is 13.4. The van der Waals surface area contributed by atoms with Crippen molar-refractivity contribution in [3.05, 3.63) is 29.3 Å². The van der Waals surface area contributed by atoms with Gasteiger partial charge in [0.05, 0.1) is 6.61 Å². The van der Waals surface area contributed by atoms with Crippen LogP contribution in [0.15, 0.2) is 18.2 Å². The second-order valence-electron chi connectivity index (χ2n) is 5.55. The van der Waals surface area contributed by atoms with E-state index in [1.54, 1.807) is 0 Å². The van der Waals surface area contributed by atoms with Gasteiger partial charge < -0.3 is 9.47 Å². The number of aryl methyl sites for hydroxylation is 1. The smallest absolute Gasteiger partial charge is 0.122 e. The van der Waals surface area contributed by atoms with Crippen molar-refractivity contribution in [1.29, 1.82) is 0 Å². The quantitative estimate of drug-likeness (QED) is 0.804. The van der Waals surface area contributed by atoms with E-state index in [4.69, 9.17) is 9.47 Å². The van der Waals surface area contributed by atoms with Gasteiger partial charge in [-0.15, -0.1) is 0 Å². The van der Waals surface area contributed by atoms with E-state index in [9.17, 15) is 0 Å². The van der Waals surface area contributed by atoms with Gasteiger partial charge in [-0.25, -0.2) is 0 Å². The molecule has 2 rings (SSSR count). The molecule has 2 nitrogen and oxygen atoms in total. The highest BCUT2D eigenvalue weighted by atomic mass is 16.5. The van der Waals surface area contributed by atoms with Crippen molar-refractivity contribution >= 4 is 0 Å². The van der Waals surface area contributed by atoms with Gasteiger partial charge in [-0.05, 0) is 48.8 Å². The molecule has 0 radical (unpaired) electrons. The third-order valence-electron chi connectivity index (χ3n) is 3.69. The Kier molecular flexibility index (Phi) is 4.65. The summed E-state index contributed by atoms with van der Waals surface area (Å²) in [5, 5.41) is 0. The van der Waals surface area contributed by atoms with Gasteiger partial charge in [0.1, 0.15) is 5.75 Å². The summed E-state index contributed by atoms with van der Waals surface area (Å²) in [4.78, 5) is 0. The van der Waals surface area contributed by atoms with Crippen LogP contribution >= 0.6 is 0 Å². The fraction of sp³-hybridized carbons (Fsp3) is 0.625. The summed E-state index contributed by atoms with van der Waals surface area (Å²) in [6, 6.07) is 6.55. The monoisotopic (exact) mass is 248 g/mol. The molecule has 1 aromatic rings. The van der Waals surface area contributed by atoms with Crippen LogP contribution < -0.4 is 4.74 Å². The Labute approximate surface area is 110 Å². The molecule has 1 saturated heterocycles. The van der Waals surface area contributed by atoms with Crippen molar-refractivity contribution in [1.82, 2.24) is 0 Å². The highest BCUT2D eigenvalue weighted by Crippen LogP contribution is 2.25. The second-order valence-corrected chi connectivity index (χ2v) is 5.55. The zero-order valence-corrected chi connectivity index (χ0v) is 11.7. The Morgan fingerprint density at radius 3 is 2.67 bits per heavy atom. The van der Waals surface area contributed by atoms with Crippen LogP contribution in [0.4, 0.5) is 0 Å². The lowest BCUT2D eigenvalue weighted by Gasteiger charge is -2.23. The van der Waals surface area contributed by atoms with Gasteiger partial charge in [-0.3, -0.25) is 0 Å². The number of benzene rings is 1. The molecule has 0 bridgehead atoms. The van der Waals surface area contributed by atoms with E-state index in [-0.39, 0.29) is 0 Å². The topological polar surface area (TPSA) is 18.5 Å². The van der Waals surface area contributed by atoms with Gasteiger partial charge in [0.15, 0.2) is 0 Å². The van der Waals surface area contributed by atoms with E-state index in [0.717, 1.165) is 38.4 Å². The number of hydrogen-bond donors (Lipinski definition) is 0. The molecular weight excluding hydrogens is 224 g/mol. The fourth-order valence-electron chi connectivity index (χ4n) is 2.25. The molecule has 18 heavy (non-hydrogen) atoms. The number of rotatable bonds is 4. The van der Waals surface area contributed by atoms with E-state index < -0.39 is 0 Å². The van der Waals surface area contributed by atoms with Gasteiger partial charge >= 0.3 is 0 Å². The fourth-order valence-corrected chi connectivity index (χ4v) is 2.25. The first-order chi connectivity index (χ1) is 8.66. The van der Waals surface area contributed by atoms with Gasteiger partial charge in [0, 0.05) is 13.2 Å². The molecule has 1 aliphatic rings. The lowest BCUT2D eigenvalue weighted by Crippen LogP contribution is -2.21. The molecule has 0 atom stereocenters. The highest BCUT2D eigenvalue weighted by molar-refractivity contribution is 5.37. The summed E-state index contributed by atoms with van der Waals surface area (Å²) < 4.78 is 11.4. The normalized spacial score (nSPS) is 17.1. The first-order valence-electron chi connectivity index (χ1n) is 6.98. The summed E-state index contributed by atoms with van der Waals surface area (Å²) in [7, 11) is 0. The third kappa shape index (κ3) is 3.49. The van der Waals surface area contributed by atoms with E-state index in [0.29, 0.717) is 11.8 Å². The molecule has 1 aliphatic heterocycles. The van der Waals surface area contributed by atoms with Crippen molar-refractivity contribution in [3.63, 3.8) is 0 Å². The van der Waals surface area contributed by atoms with Gasteiger partial charge in [-0.1, -0.05) is 26.0 Å². The van der Waals surface area contributed by atoms with Crippen molar-refractivity contribution in [2.45, 2.75) is 39.5 Å². The van der Waals surface area contributed by atoms with Crippen molar-refractivity contribution < 1.29 is 9.47 Å². The minimum absolute atomic E-state index is 0.552. The van der Waals surface area contributed by atoms with Crippen LogP contribution in [-0.2, 0) is 4.74 Å². The maximum Gasteiger partial charge on any atom is 0.122 e. The number of ether oxygens (including phenoxy) is 2. The van der Waals surface area contributed by atoms with Crippen LogP contribution in [0, 0.1) is 12.8 Å². The molecule has 2 heteroatoms. The van der Waals surface area contributed by atoms with Crippen LogP contribution in [0.1, 0.15) is 43.7 Å². The van der Waals surface area contributed by atoms with Gasteiger partial charge in [0.25, 0.3) is 0 Å². The highest BCUT2D eigenvalue weighted by Gasteiger charge is 2.15. The largest absolute Gasteiger partial charge is 0.493 e. The molecule has 0 unspecified atom stereocenters. The van der Waals surface area contributed by atoms with E-state index in [1.807, 2.05) is 0 Å². The lowest BCUT2D eigenvalue weighted by molar-refractivity contribution is 0.0496. The third-order valence-corrected chi connectivity index (χ3v) is 3.69. The first-order valence-corrected chi connectivity index (χ1v) is 6.98. The molecule has 0 N–H and O–H groups in total. The van der Waals surface area contributed by atoms with Gasteiger partial charge in [-0.2, -0.15) is 0 Å². The van der Waals surface area contributed by atoms with Gasteiger partial charge in [0.2, 0.25) is 0 Å². The molecule has 0 aromatic heterocycles. The Bertz CT molecular complexity index is 379. The summed E-state index contributed by atoms with van der Waals surface area (Å²) in [5.74, 6) is 2.25. The molecule has 0 spiro atoms. The lowest BCUT2D eigenvalue weighted by atomic mass is 10.0. The molecule has 1 aromatic carbocycles. The van der Waals surface area contributed by atoms with Crippen LogP contribution in [0.2, 0.25) is 0 Å². The number of hydrogen-bond acceptors (Lipinski definition) is 2. The SMILES string of the molecule is Cc1ccc(C(C)C)cc1OCC1CCOCC1. The van der Waals surface area contributed by atoms with Crippen molar-refractivity contribution in [2.24, 2.45) is 5.92 Å². The molecule has 0 amide bonds. The molecule has 0 saturated carbocycles. The Hall–Kier alpha value is -1.02. The molecule has 1 heterocycles. The maximum absolute atomic E-state index is 6.01. The predicted octanol–water partition coefficient (Wildman–Crippen LogP) is 3.92. The minimum atomic E-state index is 0.552. The van der Waals surface area contributed by atoms with Crippen molar-refractivity contribution in [2.75, 3.05) is 19.8 Å². The minimum Gasteiger partial charge on any atom is -0.493 e. The second kappa shape index (κ2) is 6.24. The van der Waals surface area contributed by atoms with E-state index >= 15 is 0 Å². The predicted molar refractivity (Wildman–Crippen MR) is 74.3 cm³/mol. The van der Waals surface area contributed by atoms with E-state index in [1.165, 1.54) is 11.1 Å². The summed E-state index contributed by atoms with van der Waals surface area (Å²) in [6.45, 7) is 9.15. The zero-order chi connectivity index (χ0) is 13.0. The van der Waals surface area contributed by atoms with Crippen molar-refractivity contribution in [3.8, 4) is 5.75 Å². The maximum atomic E-state index is 6.01. The molecular formula is C16H24O2. The van der Waals surface area contributed by atoms with Crippen LogP contribution in [0.5, 0.6) is 5.75 Å². The van der Waals surface area contributed by atoms with Crippen LogP contribution in [-0.4, -0.2) is 19.8 Å². The van der Waals surface area contributed by atoms with Crippen LogP contribution in [0.25, 0.3) is 0 Å². The molecule has 100 valence electrons. The summed E-state index contributed by atoms with van der Waals surface area (Å²) in [6.07, 6.45) is 2.26. The average Bonchev–Trinajstić information content (AvgIpc) is 2.38. The molecule has 1 fully saturated rings.